The molecule has 1 aromatic carbocycles. The lowest BCUT2D eigenvalue weighted by Gasteiger charge is -2.11. The number of nitrogens with one attached hydrogen (secondary N) is 1. The van der Waals surface area contributed by atoms with Gasteiger partial charge in [0.2, 0.25) is 5.95 Å². The first-order valence-electron chi connectivity index (χ1n) is 5.44. The minimum absolute atomic E-state index is 0.239. The van der Waals surface area contributed by atoms with E-state index in [1.165, 1.54) is 12.1 Å². The van der Waals surface area contributed by atoms with Gasteiger partial charge in [0.25, 0.3) is 0 Å². The molecule has 0 saturated carbocycles. The molecule has 4 nitrogen and oxygen atoms in total. The summed E-state index contributed by atoms with van der Waals surface area (Å²) in [5, 5.41) is 3.16. The van der Waals surface area contributed by atoms with E-state index in [1.54, 1.807) is 19.4 Å². The molecule has 0 spiro atoms. The van der Waals surface area contributed by atoms with Crippen LogP contribution >= 0.6 is 22.6 Å². The lowest BCUT2D eigenvalue weighted by Crippen LogP contribution is -2.12. The second-order valence-corrected chi connectivity index (χ2v) is 4.80. The Labute approximate surface area is 118 Å². The topological polar surface area (TPSA) is 39.1 Å². The molecule has 0 atom stereocenters. The van der Waals surface area contributed by atoms with E-state index in [0.29, 0.717) is 13.2 Å². The van der Waals surface area contributed by atoms with Gasteiger partial charge in [-0.05, 0) is 40.8 Å². The quantitative estimate of drug-likeness (QED) is 0.658. The molecule has 0 aliphatic rings. The summed E-state index contributed by atoms with van der Waals surface area (Å²) in [4.78, 5) is 4.23. The van der Waals surface area contributed by atoms with Crippen LogP contribution in [-0.2, 0) is 4.74 Å². The van der Waals surface area contributed by atoms with E-state index in [2.05, 4.69) is 32.9 Å². The predicted octanol–water partition coefficient (Wildman–Crippen LogP) is 2.67. The maximum atomic E-state index is 13.1. The van der Waals surface area contributed by atoms with E-state index in [9.17, 15) is 4.39 Å². The van der Waals surface area contributed by atoms with Crippen molar-refractivity contribution in [2.45, 2.75) is 0 Å². The van der Waals surface area contributed by atoms with Gasteiger partial charge >= 0.3 is 0 Å². The molecule has 2 aromatic rings. The second-order valence-electron chi connectivity index (χ2n) is 3.64. The molecule has 0 saturated heterocycles. The third-order valence-electron chi connectivity index (χ3n) is 2.40. The number of methoxy groups -OCH3 is 1. The summed E-state index contributed by atoms with van der Waals surface area (Å²) in [6.45, 7) is 1.28. The Morgan fingerprint density at radius 2 is 2.33 bits per heavy atom. The molecule has 96 valence electrons. The molecule has 6 heteroatoms. The highest BCUT2D eigenvalue weighted by atomic mass is 127. The summed E-state index contributed by atoms with van der Waals surface area (Å²) >= 11 is 2.11. The standard InChI is InChI=1S/C12H13FIN3O/c1-18-7-5-16-12-15-4-6-17(12)11-3-2-9(13)8-10(11)14/h2-4,6,8H,5,7H2,1H3,(H,15,16). The Morgan fingerprint density at radius 3 is 3.06 bits per heavy atom. The summed E-state index contributed by atoms with van der Waals surface area (Å²) < 4.78 is 20.8. The van der Waals surface area contributed by atoms with Crippen LogP contribution in [0.25, 0.3) is 5.69 Å². The number of halogens is 2. The van der Waals surface area contributed by atoms with E-state index in [4.69, 9.17) is 4.74 Å². The molecule has 0 amide bonds. The van der Waals surface area contributed by atoms with Gasteiger partial charge in [0.1, 0.15) is 5.82 Å². The zero-order valence-corrected chi connectivity index (χ0v) is 12.0. The summed E-state index contributed by atoms with van der Waals surface area (Å²) in [6, 6.07) is 4.67. The summed E-state index contributed by atoms with van der Waals surface area (Å²) in [7, 11) is 1.65. The Balaban J connectivity index is 2.25. The van der Waals surface area contributed by atoms with Crippen LogP contribution in [0.5, 0.6) is 0 Å². The van der Waals surface area contributed by atoms with Gasteiger partial charge in [0.15, 0.2) is 0 Å². The van der Waals surface area contributed by atoms with Gasteiger partial charge in [-0.2, -0.15) is 0 Å². The van der Waals surface area contributed by atoms with Crippen LogP contribution in [0.3, 0.4) is 0 Å². The number of hydrogen-bond donors (Lipinski definition) is 1. The lowest BCUT2D eigenvalue weighted by molar-refractivity contribution is 0.210. The minimum atomic E-state index is -0.239. The van der Waals surface area contributed by atoms with Crippen molar-refractivity contribution in [1.82, 2.24) is 9.55 Å². The van der Waals surface area contributed by atoms with Crippen molar-refractivity contribution in [3.63, 3.8) is 0 Å². The fourth-order valence-electron chi connectivity index (χ4n) is 1.57. The van der Waals surface area contributed by atoms with Crippen molar-refractivity contribution in [2.24, 2.45) is 0 Å². The summed E-state index contributed by atoms with van der Waals surface area (Å²) in [5.41, 5.74) is 0.898. The average molecular weight is 361 g/mol. The number of hydrogen-bond acceptors (Lipinski definition) is 3. The van der Waals surface area contributed by atoms with Crippen molar-refractivity contribution in [2.75, 3.05) is 25.6 Å². The van der Waals surface area contributed by atoms with Gasteiger partial charge in [0, 0.05) is 29.6 Å². The maximum absolute atomic E-state index is 13.1. The SMILES string of the molecule is COCCNc1nccn1-c1ccc(F)cc1I. The van der Waals surface area contributed by atoms with Crippen molar-refractivity contribution in [1.29, 1.82) is 0 Å². The third kappa shape index (κ3) is 2.99. The van der Waals surface area contributed by atoms with Crippen LogP contribution in [0.4, 0.5) is 10.3 Å². The van der Waals surface area contributed by atoms with Crippen LogP contribution in [-0.4, -0.2) is 29.8 Å². The molecule has 0 radical (unpaired) electrons. The first kappa shape index (κ1) is 13.3. The molecule has 0 aliphatic heterocycles. The van der Waals surface area contributed by atoms with Crippen molar-refractivity contribution in [3.8, 4) is 5.69 Å². The van der Waals surface area contributed by atoms with Crippen molar-refractivity contribution >= 4 is 28.5 Å². The smallest absolute Gasteiger partial charge is 0.207 e. The number of anilines is 1. The molecule has 0 unspecified atom stereocenters. The molecule has 1 heterocycles. The van der Waals surface area contributed by atoms with Crippen LogP contribution in [0.15, 0.2) is 30.6 Å². The first-order valence-corrected chi connectivity index (χ1v) is 6.52. The van der Waals surface area contributed by atoms with E-state index in [1.807, 2.05) is 10.8 Å². The summed E-state index contributed by atoms with van der Waals surface area (Å²) in [5.74, 6) is 0.480. The van der Waals surface area contributed by atoms with Crippen LogP contribution in [0.2, 0.25) is 0 Å². The highest BCUT2D eigenvalue weighted by molar-refractivity contribution is 14.1. The monoisotopic (exact) mass is 361 g/mol. The largest absolute Gasteiger partial charge is 0.383 e. The highest BCUT2D eigenvalue weighted by Gasteiger charge is 2.08. The number of benzene rings is 1. The zero-order chi connectivity index (χ0) is 13.0. The van der Waals surface area contributed by atoms with E-state index in [0.717, 1.165) is 15.2 Å². The number of ether oxygens (including phenoxy) is 1. The highest BCUT2D eigenvalue weighted by Crippen LogP contribution is 2.21. The number of rotatable bonds is 5. The Bertz CT molecular complexity index is 530. The second kappa shape index (κ2) is 6.14. The zero-order valence-electron chi connectivity index (χ0n) is 9.86. The van der Waals surface area contributed by atoms with Gasteiger partial charge in [-0.1, -0.05) is 0 Å². The molecule has 1 N–H and O–H groups in total. The first-order chi connectivity index (χ1) is 8.72. The molecular weight excluding hydrogens is 348 g/mol. The Hall–Kier alpha value is -1.15. The van der Waals surface area contributed by atoms with Gasteiger partial charge in [-0.3, -0.25) is 4.57 Å². The van der Waals surface area contributed by atoms with Crippen molar-refractivity contribution < 1.29 is 9.13 Å². The number of imidazole rings is 1. The average Bonchev–Trinajstić information content (AvgIpc) is 2.78. The fraction of sp³-hybridized carbons (Fsp3) is 0.250. The molecule has 0 fully saturated rings. The normalized spacial score (nSPS) is 10.6. The molecule has 0 aliphatic carbocycles. The molecule has 18 heavy (non-hydrogen) atoms. The molecule has 0 bridgehead atoms. The fourth-order valence-corrected chi connectivity index (χ4v) is 2.31. The van der Waals surface area contributed by atoms with E-state index >= 15 is 0 Å². The van der Waals surface area contributed by atoms with E-state index < -0.39 is 0 Å². The lowest BCUT2D eigenvalue weighted by atomic mass is 10.3. The van der Waals surface area contributed by atoms with Crippen LogP contribution in [0.1, 0.15) is 0 Å². The van der Waals surface area contributed by atoms with Gasteiger partial charge in [-0.15, -0.1) is 0 Å². The number of nitrogens with zero attached hydrogens (tertiary/aromatic N) is 2. The van der Waals surface area contributed by atoms with E-state index in [-0.39, 0.29) is 5.82 Å². The third-order valence-corrected chi connectivity index (χ3v) is 3.26. The van der Waals surface area contributed by atoms with Gasteiger partial charge < -0.3 is 10.1 Å². The molecule has 1 aromatic heterocycles. The van der Waals surface area contributed by atoms with Gasteiger partial charge in [-0.25, -0.2) is 9.37 Å². The van der Waals surface area contributed by atoms with Crippen LogP contribution in [0, 0.1) is 9.39 Å². The maximum Gasteiger partial charge on any atom is 0.207 e. The number of aromatic nitrogens is 2. The van der Waals surface area contributed by atoms with Crippen LogP contribution < -0.4 is 5.32 Å². The predicted molar refractivity (Wildman–Crippen MR) is 76.6 cm³/mol. The van der Waals surface area contributed by atoms with Crippen molar-refractivity contribution in [3.05, 3.63) is 40.0 Å². The molecular formula is C12H13FIN3O. The summed E-state index contributed by atoms with van der Waals surface area (Å²) in [6.07, 6.45) is 3.54. The Morgan fingerprint density at radius 1 is 1.50 bits per heavy atom. The molecule has 2 rings (SSSR count). The van der Waals surface area contributed by atoms with Gasteiger partial charge in [0.05, 0.1) is 12.3 Å². The Kier molecular flexibility index (Phi) is 4.54. The minimum Gasteiger partial charge on any atom is -0.383 e.